The molecule has 4 aromatic rings. The Labute approximate surface area is 260 Å². The number of hydrogen-bond donors (Lipinski definition) is 2. The van der Waals surface area contributed by atoms with Gasteiger partial charge in [0.05, 0.1) is 6.61 Å². The van der Waals surface area contributed by atoms with Crippen molar-refractivity contribution in [2.24, 2.45) is 10.7 Å². The van der Waals surface area contributed by atoms with Crippen molar-refractivity contribution in [3.05, 3.63) is 129 Å². The second-order valence-electron chi connectivity index (χ2n) is 11.3. The molecule has 0 unspecified atom stereocenters. The number of nitrogens with two attached hydrogens (primary N) is 1. The lowest BCUT2D eigenvalue weighted by atomic mass is 9.83. The quantitative estimate of drug-likeness (QED) is 0.110. The minimum Gasteiger partial charge on any atom is -0.448 e. The van der Waals surface area contributed by atoms with Crippen LogP contribution in [0.5, 0.6) is 0 Å². The van der Waals surface area contributed by atoms with E-state index in [0.29, 0.717) is 28.9 Å². The number of unbranched alkanes of at least 4 members (excludes halogenated alkanes) is 3. The van der Waals surface area contributed by atoms with Gasteiger partial charge in [0.1, 0.15) is 29.7 Å². The number of amidine groups is 1. The van der Waals surface area contributed by atoms with Crippen LogP contribution in [0.2, 0.25) is 0 Å². The van der Waals surface area contributed by atoms with Gasteiger partial charge in [0, 0.05) is 29.3 Å². The predicted molar refractivity (Wildman–Crippen MR) is 167 cm³/mol. The molecule has 0 aromatic heterocycles. The number of nitrogens with one attached hydrogen (secondary N) is 1. The van der Waals surface area contributed by atoms with E-state index >= 15 is 0 Å². The summed E-state index contributed by atoms with van der Waals surface area (Å²) in [6, 6.07) is 21.8. The molecule has 7 nitrogen and oxygen atoms in total. The van der Waals surface area contributed by atoms with Gasteiger partial charge in [-0.25, -0.2) is 13.6 Å². The molecule has 2 bridgehead atoms. The van der Waals surface area contributed by atoms with Crippen LogP contribution in [-0.2, 0) is 16.0 Å². The molecule has 6 rings (SSSR count). The van der Waals surface area contributed by atoms with Gasteiger partial charge >= 0.3 is 6.09 Å². The molecule has 4 aromatic carbocycles. The average molecular weight is 610 g/mol. The van der Waals surface area contributed by atoms with Crippen LogP contribution in [0.25, 0.3) is 11.1 Å². The van der Waals surface area contributed by atoms with Crippen LogP contribution in [0, 0.1) is 11.6 Å². The Hall–Kier alpha value is -4.89. The first kappa shape index (κ1) is 30.1. The smallest absolute Gasteiger partial charge is 0.435 e. The van der Waals surface area contributed by atoms with Crippen LogP contribution in [-0.4, -0.2) is 24.4 Å². The van der Waals surface area contributed by atoms with Crippen molar-refractivity contribution in [1.29, 1.82) is 0 Å². The summed E-state index contributed by atoms with van der Waals surface area (Å²) in [5, 5.41) is 2.94. The normalized spacial score (nSPS) is 16.3. The van der Waals surface area contributed by atoms with Gasteiger partial charge in [-0.05, 0) is 70.1 Å². The molecular weight excluding hydrogens is 576 g/mol. The fourth-order valence-electron chi connectivity index (χ4n) is 5.84. The highest BCUT2D eigenvalue weighted by Gasteiger charge is 2.43. The maximum atomic E-state index is 14.5. The Morgan fingerprint density at radius 2 is 1.56 bits per heavy atom. The molecule has 45 heavy (non-hydrogen) atoms. The van der Waals surface area contributed by atoms with Gasteiger partial charge in [0.25, 0.3) is 5.91 Å². The molecule has 2 atom stereocenters. The highest BCUT2D eigenvalue weighted by molar-refractivity contribution is 6.02. The predicted octanol–water partition coefficient (Wildman–Crippen LogP) is 7.51. The summed E-state index contributed by atoms with van der Waals surface area (Å²) in [6.07, 6.45) is 2.65. The van der Waals surface area contributed by atoms with E-state index in [1.54, 1.807) is 18.2 Å². The van der Waals surface area contributed by atoms with Gasteiger partial charge in [0.15, 0.2) is 0 Å². The molecule has 230 valence electrons. The van der Waals surface area contributed by atoms with Crippen LogP contribution in [0.4, 0.5) is 13.6 Å². The Kier molecular flexibility index (Phi) is 8.71. The van der Waals surface area contributed by atoms with E-state index in [9.17, 15) is 18.4 Å². The number of halogens is 2. The number of carbonyl (C=O) groups excluding carboxylic acids is 2. The number of hydrogen-bond acceptors (Lipinski definition) is 4. The number of nitrogens with zero attached hydrogens (tertiary/aromatic N) is 1. The summed E-state index contributed by atoms with van der Waals surface area (Å²) in [5.74, 6) is -1.43. The van der Waals surface area contributed by atoms with Crippen molar-refractivity contribution < 1.29 is 27.8 Å². The summed E-state index contributed by atoms with van der Waals surface area (Å²) in [5.41, 5.74) is 12.7. The fraction of sp³-hybridized carbons (Fsp3) is 0.250. The Bertz CT molecular complexity index is 1790. The van der Waals surface area contributed by atoms with Gasteiger partial charge in [-0.15, -0.1) is 0 Å². The van der Waals surface area contributed by atoms with Crippen LogP contribution in [0.3, 0.4) is 0 Å². The number of ether oxygens (including phenoxy) is 2. The number of carbonyl (C=O) groups is 2. The molecule has 2 aliphatic heterocycles. The van der Waals surface area contributed by atoms with Gasteiger partial charge in [0.2, 0.25) is 0 Å². The van der Waals surface area contributed by atoms with E-state index in [2.05, 4.69) is 17.2 Å². The second-order valence-corrected chi connectivity index (χ2v) is 11.3. The number of fused-ring (bicyclic) bond motifs is 8. The zero-order chi connectivity index (χ0) is 31.5. The van der Waals surface area contributed by atoms with Crippen molar-refractivity contribution in [2.45, 2.75) is 51.4 Å². The first-order valence-electron chi connectivity index (χ1n) is 15.1. The number of amides is 2. The van der Waals surface area contributed by atoms with Crippen LogP contribution < -0.4 is 11.1 Å². The van der Waals surface area contributed by atoms with Gasteiger partial charge < -0.3 is 20.5 Å². The van der Waals surface area contributed by atoms with E-state index in [1.807, 2.05) is 42.5 Å². The van der Waals surface area contributed by atoms with E-state index in [1.165, 1.54) is 12.1 Å². The SMILES string of the molecule is CCCCCCOC(=O)N=C(N)c1ccc(CNC(=O)c2ccc3c(c2)[C@@H]2O[C@H]3c3ccc(-c4ccc(F)cc4F)cc32)cc1. The third kappa shape index (κ3) is 6.35. The van der Waals surface area contributed by atoms with Crippen molar-refractivity contribution >= 4 is 17.8 Å². The maximum Gasteiger partial charge on any atom is 0.435 e. The maximum absolute atomic E-state index is 14.5. The highest BCUT2D eigenvalue weighted by Crippen LogP contribution is 2.54. The molecule has 0 aliphatic carbocycles. The average Bonchev–Trinajstić information content (AvgIpc) is 3.61. The minimum atomic E-state index is -0.709. The molecule has 3 N–H and O–H groups in total. The van der Waals surface area contributed by atoms with Crippen LogP contribution in [0.1, 0.15) is 88.6 Å². The van der Waals surface area contributed by atoms with Gasteiger partial charge in [-0.1, -0.05) is 68.7 Å². The van der Waals surface area contributed by atoms with Crippen molar-refractivity contribution in [3.8, 4) is 11.1 Å². The Morgan fingerprint density at radius 3 is 2.31 bits per heavy atom. The monoisotopic (exact) mass is 609 g/mol. The lowest BCUT2D eigenvalue weighted by Crippen LogP contribution is -2.23. The summed E-state index contributed by atoms with van der Waals surface area (Å²) in [4.78, 5) is 28.9. The van der Waals surface area contributed by atoms with Crippen LogP contribution >= 0.6 is 0 Å². The largest absolute Gasteiger partial charge is 0.448 e. The summed E-state index contributed by atoms with van der Waals surface area (Å²) < 4.78 is 39.3. The van der Waals surface area contributed by atoms with E-state index < -0.39 is 17.7 Å². The topological polar surface area (TPSA) is 103 Å². The van der Waals surface area contributed by atoms with Crippen LogP contribution in [0.15, 0.2) is 83.9 Å². The van der Waals surface area contributed by atoms with E-state index in [0.717, 1.165) is 59.6 Å². The lowest BCUT2D eigenvalue weighted by Gasteiger charge is -2.18. The third-order valence-corrected chi connectivity index (χ3v) is 8.22. The zero-order valence-electron chi connectivity index (χ0n) is 24.8. The Balaban J connectivity index is 1.08. The molecular formula is C36H33F2N3O4. The first-order valence-corrected chi connectivity index (χ1v) is 15.1. The lowest BCUT2D eigenvalue weighted by molar-refractivity contribution is 0.0857. The Morgan fingerprint density at radius 1 is 0.844 bits per heavy atom. The molecule has 2 aliphatic rings. The van der Waals surface area contributed by atoms with Gasteiger partial charge in [-0.3, -0.25) is 4.79 Å². The first-order chi connectivity index (χ1) is 21.8. The van der Waals surface area contributed by atoms with Crippen molar-refractivity contribution in [1.82, 2.24) is 5.32 Å². The fourth-order valence-corrected chi connectivity index (χ4v) is 5.84. The van der Waals surface area contributed by atoms with Crippen molar-refractivity contribution in [3.63, 3.8) is 0 Å². The molecule has 0 spiro atoms. The molecule has 2 amide bonds. The van der Waals surface area contributed by atoms with Gasteiger partial charge in [-0.2, -0.15) is 4.99 Å². The zero-order valence-corrected chi connectivity index (χ0v) is 24.8. The molecule has 0 radical (unpaired) electrons. The molecule has 0 saturated heterocycles. The highest BCUT2D eigenvalue weighted by atomic mass is 19.1. The standard InChI is InChI=1S/C36H33F2N3O4/c1-2-3-4-5-16-44-36(43)41-34(39)22-8-6-21(7-9-22)20-40-35(42)24-11-14-28-30(18-24)33-29-17-23(10-13-27(29)32(28)45-33)26-15-12-25(37)19-31(26)38/h6-15,17-19,32-33H,2-5,16,20H2,1H3,(H,40,42)(H2,39,41,43)/t32-,33+/m0/s1. The summed E-state index contributed by atoms with van der Waals surface area (Å²) >= 11 is 0. The number of aliphatic imine (C=N–C) groups is 1. The van der Waals surface area contributed by atoms with E-state index in [-0.39, 0.29) is 30.5 Å². The second kappa shape index (κ2) is 13.0. The molecule has 0 fully saturated rings. The molecule has 0 saturated carbocycles. The summed E-state index contributed by atoms with van der Waals surface area (Å²) in [7, 11) is 0. The van der Waals surface area contributed by atoms with Crippen molar-refractivity contribution in [2.75, 3.05) is 6.61 Å². The minimum absolute atomic E-state index is 0.0651. The molecule has 2 heterocycles. The third-order valence-electron chi connectivity index (χ3n) is 8.22. The van der Waals surface area contributed by atoms with E-state index in [4.69, 9.17) is 15.2 Å². The number of rotatable bonds is 10. The molecule has 9 heteroatoms. The summed E-state index contributed by atoms with van der Waals surface area (Å²) in [6.45, 7) is 2.72. The number of benzene rings is 4.